The van der Waals surface area contributed by atoms with E-state index in [1.807, 2.05) is 37.3 Å². The molecule has 25 heavy (non-hydrogen) atoms. The molecule has 0 radical (unpaired) electrons. The lowest BCUT2D eigenvalue weighted by atomic mass is 10.1. The first-order chi connectivity index (χ1) is 12.2. The highest BCUT2D eigenvalue weighted by molar-refractivity contribution is 5.99. The maximum Gasteiger partial charge on any atom is 0.276 e. The van der Waals surface area contributed by atoms with Gasteiger partial charge in [-0.15, -0.1) is 0 Å². The number of oxime groups is 1. The molecule has 0 saturated carbocycles. The first-order valence-electron chi connectivity index (χ1n) is 8.05. The number of carbonyl (C=O) groups excluding carboxylic acids is 1. The van der Waals surface area contributed by atoms with Crippen LogP contribution in [0, 0.1) is 0 Å². The number of amides is 1. The summed E-state index contributed by atoms with van der Waals surface area (Å²) in [6.07, 6.45) is 4.03. The quantitative estimate of drug-likeness (QED) is 0.757. The Bertz CT molecular complexity index is 749. The van der Waals surface area contributed by atoms with Gasteiger partial charge in [-0.3, -0.25) is 14.6 Å². The van der Waals surface area contributed by atoms with Gasteiger partial charge in [0.15, 0.2) is 6.10 Å². The topological polar surface area (TPSA) is 84.8 Å². The smallest absolute Gasteiger partial charge is 0.276 e. The van der Waals surface area contributed by atoms with Gasteiger partial charge in [0.05, 0.1) is 11.3 Å². The molecular formula is C18H20N4O3. The van der Waals surface area contributed by atoms with Crippen LogP contribution >= 0.6 is 0 Å². The molecule has 1 aromatic heterocycles. The third-order valence-corrected chi connectivity index (χ3v) is 3.72. The second-order valence-electron chi connectivity index (χ2n) is 5.75. The zero-order valence-corrected chi connectivity index (χ0v) is 13.9. The number of carbonyl (C=O) groups is 1. The van der Waals surface area contributed by atoms with E-state index in [0.29, 0.717) is 18.5 Å². The maximum atomic E-state index is 12.4. The summed E-state index contributed by atoms with van der Waals surface area (Å²) in [7, 11) is 0. The second-order valence-corrected chi connectivity index (χ2v) is 5.75. The van der Waals surface area contributed by atoms with Gasteiger partial charge in [-0.05, 0) is 36.8 Å². The largest absolute Gasteiger partial charge is 0.390 e. The Kier molecular flexibility index (Phi) is 5.58. The molecule has 1 atom stereocenters. The van der Waals surface area contributed by atoms with Gasteiger partial charge in [-0.25, -0.2) is 5.48 Å². The van der Waals surface area contributed by atoms with Crippen LogP contribution < -0.4 is 10.8 Å². The molecule has 0 fully saturated rings. The van der Waals surface area contributed by atoms with Crippen LogP contribution in [0.3, 0.4) is 0 Å². The van der Waals surface area contributed by atoms with Crippen LogP contribution in [0.4, 0.5) is 5.69 Å². The molecule has 7 heteroatoms. The van der Waals surface area contributed by atoms with Gasteiger partial charge >= 0.3 is 0 Å². The van der Waals surface area contributed by atoms with Crippen molar-refractivity contribution in [2.24, 2.45) is 5.16 Å². The number of hydrogen-bond donors (Lipinski definition) is 2. The summed E-state index contributed by atoms with van der Waals surface area (Å²) in [5, 5.41) is 7.11. The lowest BCUT2D eigenvalue weighted by molar-refractivity contribution is -0.0310. The molecular weight excluding hydrogens is 320 g/mol. The summed E-state index contributed by atoms with van der Waals surface area (Å²) in [5.74, 6) is -0.312. The number of aromatic nitrogens is 1. The van der Waals surface area contributed by atoms with E-state index in [4.69, 9.17) is 9.68 Å². The lowest BCUT2D eigenvalue weighted by Crippen LogP contribution is -2.29. The summed E-state index contributed by atoms with van der Waals surface area (Å²) in [4.78, 5) is 26.8. The van der Waals surface area contributed by atoms with Crippen LogP contribution in [0.25, 0.3) is 0 Å². The molecule has 1 aliphatic heterocycles. The minimum Gasteiger partial charge on any atom is -0.390 e. The number of para-hydroxylation sites is 1. The summed E-state index contributed by atoms with van der Waals surface area (Å²) < 4.78 is 0. The van der Waals surface area contributed by atoms with E-state index in [1.54, 1.807) is 18.5 Å². The Morgan fingerprint density at radius 3 is 2.84 bits per heavy atom. The van der Waals surface area contributed by atoms with Gasteiger partial charge in [0.1, 0.15) is 6.61 Å². The van der Waals surface area contributed by atoms with Crippen molar-refractivity contribution in [1.82, 2.24) is 10.5 Å². The van der Waals surface area contributed by atoms with Crippen molar-refractivity contribution in [3.05, 3.63) is 59.9 Å². The predicted molar refractivity (Wildman–Crippen MR) is 94.0 cm³/mol. The molecule has 0 bridgehead atoms. The lowest BCUT2D eigenvalue weighted by Gasteiger charge is -2.13. The third-order valence-electron chi connectivity index (χ3n) is 3.72. The fraction of sp³-hybridized carbons (Fsp3) is 0.278. The van der Waals surface area contributed by atoms with Crippen molar-refractivity contribution >= 4 is 17.3 Å². The number of nitrogens with zero attached hydrogens (tertiary/aromatic N) is 2. The van der Waals surface area contributed by atoms with Crippen molar-refractivity contribution in [2.75, 3.05) is 11.9 Å². The van der Waals surface area contributed by atoms with Gasteiger partial charge in [0.2, 0.25) is 0 Å². The molecule has 0 spiro atoms. The number of nitrogens with one attached hydrogen (secondary N) is 2. The zero-order valence-electron chi connectivity index (χ0n) is 13.9. The molecule has 1 aliphatic rings. The third kappa shape index (κ3) is 4.77. The predicted octanol–water partition coefficient (Wildman–Crippen LogP) is 2.52. The van der Waals surface area contributed by atoms with Crippen LogP contribution in [0.15, 0.2) is 53.9 Å². The van der Waals surface area contributed by atoms with Crippen LogP contribution in [0.1, 0.15) is 29.3 Å². The minimum absolute atomic E-state index is 0.152. The van der Waals surface area contributed by atoms with E-state index < -0.39 is 0 Å². The first kappa shape index (κ1) is 16.9. The highest BCUT2D eigenvalue weighted by atomic mass is 16.7. The van der Waals surface area contributed by atoms with Gasteiger partial charge in [0, 0.05) is 31.0 Å². The summed E-state index contributed by atoms with van der Waals surface area (Å²) >= 11 is 0. The molecule has 2 heterocycles. The molecule has 1 aromatic carbocycles. The van der Waals surface area contributed by atoms with E-state index in [0.717, 1.165) is 17.0 Å². The van der Waals surface area contributed by atoms with Crippen LogP contribution in [-0.2, 0) is 16.2 Å². The Labute approximate surface area is 146 Å². The van der Waals surface area contributed by atoms with Crippen molar-refractivity contribution in [2.45, 2.75) is 26.0 Å². The van der Waals surface area contributed by atoms with Crippen LogP contribution in [0.2, 0.25) is 0 Å². The molecule has 2 N–H and O–H groups in total. The molecule has 1 amide bonds. The number of anilines is 1. The Balaban J connectivity index is 1.53. The normalized spacial score (nSPS) is 16.0. The summed E-state index contributed by atoms with van der Waals surface area (Å²) in [6.45, 7) is 2.74. The average Bonchev–Trinajstić information content (AvgIpc) is 3.06. The van der Waals surface area contributed by atoms with Crippen molar-refractivity contribution < 1.29 is 14.5 Å². The SMILES string of the molecule is CC1=NOC(CONC(=O)c2ccccc2NCc2ccncc2)C1. The first-order valence-corrected chi connectivity index (χ1v) is 8.05. The Hall–Kier alpha value is -2.93. The van der Waals surface area contributed by atoms with Gasteiger partial charge in [-0.1, -0.05) is 17.3 Å². The van der Waals surface area contributed by atoms with Crippen LogP contribution in [0.5, 0.6) is 0 Å². The van der Waals surface area contributed by atoms with E-state index >= 15 is 0 Å². The van der Waals surface area contributed by atoms with Crippen molar-refractivity contribution in [3.8, 4) is 0 Å². The summed E-state index contributed by atoms with van der Waals surface area (Å²) in [6, 6.07) is 11.1. The molecule has 7 nitrogen and oxygen atoms in total. The molecule has 130 valence electrons. The zero-order chi connectivity index (χ0) is 17.5. The summed E-state index contributed by atoms with van der Waals surface area (Å²) in [5.41, 5.74) is 5.70. The minimum atomic E-state index is -0.312. The average molecular weight is 340 g/mol. The number of rotatable bonds is 7. The van der Waals surface area contributed by atoms with Gasteiger partial charge in [0.25, 0.3) is 5.91 Å². The fourth-order valence-corrected chi connectivity index (χ4v) is 2.45. The number of hydroxylamine groups is 1. The number of hydrogen-bond acceptors (Lipinski definition) is 6. The highest BCUT2D eigenvalue weighted by Gasteiger charge is 2.19. The monoisotopic (exact) mass is 340 g/mol. The molecule has 1 unspecified atom stereocenters. The maximum absolute atomic E-state index is 12.4. The van der Waals surface area contributed by atoms with E-state index in [9.17, 15) is 4.79 Å². The van der Waals surface area contributed by atoms with E-state index in [1.165, 1.54) is 0 Å². The highest BCUT2D eigenvalue weighted by Crippen LogP contribution is 2.16. The van der Waals surface area contributed by atoms with E-state index in [-0.39, 0.29) is 18.6 Å². The molecule has 0 saturated heterocycles. The second kappa shape index (κ2) is 8.25. The van der Waals surface area contributed by atoms with Crippen molar-refractivity contribution in [1.29, 1.82) is 0 Å². The van der Waals surface area contributed by atoms with E-state index in [2.05, 4.69) is 20.9 Å². The Morgan fingerprint density at radius 1 is 1.28 bits per heavy atom. The Morgan fingerprint density at radius 2 is 2.08 bits per heavy atom. The van der Waals surface area contributed by atoms with Crippen LogP contribution in [-0.4, -0.2) is 29.3 Å². The van der Waals surface area contributed by atoms with Gasteiger partial charge in [-0.2, -0.15) is 0 Å². The number of pyridine rings is 1. The van der Waals surface area contributed by atoms with Gasteiger partial charge < -0.3 is 10.2 Å². The standard InChI is InChI=1S/C18H20N4O3/c1-13-10-15(25-21-13)12-24-22-18(23)16-4-2-3-5-17(16)20-11-14-6-8-19-9-7-14/h2-9,15,20H,10-12H2,1H3,(H,22,23). The van der Waals surface area contributed by atoms with Crippen molar-refractivity contribution in [3.63, 3.8) is 0 Å². The fourth-order valence-electron chi connectivity index (χ4n) is 2.45. The number of benzene rings is 1. The molecule has 2 aromatic rings. The molecule has 0 aliphatic carbocycles. The molecule has 3 rings (SSSR count).